The number of ether oxygens (including phenoxy) is 2. The van der Waals surface area contributed by atoms with Crippen LogP contribution in [-0.4, -0.2) is 27.8 Å². The molecular weight excluding hydrogens is 745 g/mol. The van der Waals surface area contributed by atoms with Crippen molar-refractivity contribution in [1.82, 2.24) is 4.98 Å². The molecule has 274 valence electrons. The van der Waals surface area contributed by atoms with Crippen LogP contribution in [0, 0.1) is 28.1 Å². The Labute approximate surface area is 329 Å². The van der Waals surface area contributed by atoms with Crippen molar-refractivity contribution in [3.05, 3.63) is 133 Å². The number of aliphatic hydroxyl groups is 1. The van der Waals surface area contributed by atoms with E-state index in [1.54, 1.807) is 18.2 Å². The second-order valence-electron chi connectivity index (χ2n) is 13.6. The highest BCUT2D eigenvalue weighted by atomic mass is 35.5. The third-order valence-electron chi connectivity index (χ3n) is 9.81. The number of nitrogens with zero attached hydrogens (tertiary/aromatic N) is 3. The molecule has 11 heteroatoms. The monoisotopic (exact) mass is 779 g/mol. The van der Waals surface area contributed by atoms with E-state index in [9.17, 15) is 25.5 Å². The predicted molar refractivity (Wildman–Crippen MR) is 209 cm³/mol. The number of nitriles is 2. The van der Waals surface area contributed by atoms with Gasteiger partial charge in [-0.3, -0.25) is 4.79 Å². The zero-order valence-corrected chi connectivity index (χ0v) is 31.7. The molecule has 0 saturated heterocycles. The van der Waals surface area contributed by atoms with Crippen LogP contribution in [0.3, 0.4) is 0 Å². The number of carbonyl (C=O) groups is 1. The number of pyridine rings is 1. The number of hydrogen-bond donors (Lipinski definition) is 2. The minimum absolute atomic E-state index is 0.00233. The van der Waals surface area contributed by atoms with Gasteiger partial charge in [0.2, 0.25) is 11.8 Å². The van der Waals surface area contributed by atoms with Crippen molar-refractivity contribution in [3.63, 3.8) is 0 Å². The summed E-state index contributed by atoms with van der Waals surface area (Å²) in [4.78, 5) is 16.5. The normalized spacial score (nSPS) is 13.2. The Morgan fingerprint density at radius 1 is 0.796 bits per heavy atom. The summed E-state index contributed by atoms with van der Waals surface area (Å²) in [6.07, 6.45) is 4.80. The lowest BCUT2D eigenvalue weighted by Crippen LogP contribution is -2.32. The van der Waals surface area contributed by atoms with Crippen LogP contribution in [0.25, 0.3) is 22.3 Å². The first kappa shape index (κ1) is 38.6. The van der Waals surface area contributed by atoms with Crippen LogP contribution in [0.5, 0.6) is 11.8 Å². The molecular formula is C43H36Cl3N3O5. The SMILES string of the molecule is C[C@](CO)(CCc1cc(Cl)c(OCc2cccc(-c3cccc(-c4ccc5c(c4)CCCC5)c3Cl)c2Cl)nc1OCc1cc(C#N)cc(C#N)c1)C(=O)O. The maximum absolute atomic E-state index is 11.9. The number of benzene rings is 4. The molecule has 0 amide bonds. The number of hydrogen-bond acceptors (Lipinski definition) is 7. The summed E-state index contributed by atoms with van der Waals surface area (Å²) >= 11 is 20.8. The van der Waals surface area contributed by atoms with Crippen LogP contribution >= 0.6 is 34.8 Å². The maximum Gasteiger partial charge on any atom is 0.311 e. The molecule has 8 nitrogen and oxygen atoms in total. The highest BCUT2D eigenvalue weighted by Crippen LogP contribution is 2.41. The van der Waals surface area contributed by atoms with Gasteiger partial charge in [0, 0.05) is 27.8 Å². The number of rotatable bonds is 13. The molecule has 0 saturated carbocycles. The van der Waals surface area contributed by atoms with Crippen LogP contribution < -0.4 is 9.47 Å². The first-order valence-corrected chi connectivity index (χ1v) is 18.6. The van der Waals surface area contributed by atoms with Crippen molar-refractivity contribution in [2.24, 2.45) is 5.41 Å². The number of carboxylic acids is 1. The van der Waals surface area contributed by atoms with Gasteiger partial charge in [-0.15, -0.1) is 0 Å². The average molecular weight is 781 g/mol. The zero-order chi connectivity index (χ0) is 38.4. The Balaban J connectivity index is 1.27. The smallest absolute Gasteiger partial charge is 0.311 e. The molecule has 1 heterocycles. The third-order valence-corrected chi connectivity index (χ3v) is 10.9. The molecule has 1 aliphatic carbocycles. The van der Waals surface area contributed by atoms with Gasteiger partial charge in [-0.1, -0.05) is 89.4 Å². The van der Waals surface area contributed by atoms with E-state index in [0.29, 0.717) is 37.9 Å². The topological polar surface area (TPSA) is 136 Å². The zero-order valence-electron chi connectivity index (χ0n) is 29.5. The molecule has 0 aliphatic heterocycles. The van der Waals surface area contributed by atoms with Gasteiger partial charge in [0.25, 0.3) is 0 Å². The summed E-state index contributed by atoms with van der Waals surface area (Å²) in [5, 5.41) is 39.6. The number of fused-ring (bicyclic) bond motifs is 1. The molecule has 1 aromatic heterocycles. The Bertz CT molecular complexity index is 2280. The van der Waals surface area contributed by atoms with Gasteiger partial charge in [0.1, 0.15) is 18.2 Å². The van der Waals surface area contributed by atoms with Crippen LogP contribution in [0.1, 0.15) is 65.1 Å². The molecule has 1 aliphatic rings. The fourth-order valence-corrected chi connectivity index (χ4v) is 7.38. The molecule has 0 bridgehead atoms. The summed E-state index contributed by atoms with van der Waals surface area (Å²) in [5.74, 6) is -0.975. The molecule has 0 radical (unpaired) electrons. The van der Waals surface area contributed by atoms with Gasteiger partial charge in [-0.05, 0) is 92.0 Å². The molecule has 0 fully saturated rings. The fraction of sp³-hybridized carbons (Fsp3) is 0.256. The number of aliphatic hydroxyl groups excluding tert-OH is 1. The summed E-state index contributed by atoms with van der Waals surface area (Å²) < 4.78 is 12.2. The highest BCUT2D eigenvalue weighted by Gasteiger charge is 2.32. The number of halogens is 3. The van der Waals surface area contributed by atoms with Gasteiger partial charge in [0.05, 0.1) is 45.3 Å². The van der Waals surface area contributed by atoms with Crippen LogP contribution in [0.2, 0.25) is 15.1 Å². The fourth-order valence-electron chi connectivity index (χ4n) is 6.53. The summed E-state index contributed by atoms with van der Waals surface area (Å²) in [7, 11) is 0. The Morgan fingerprint density at radius 2 is 1.44 bits per heavy atom. The van der Waals surface area contributed by atoms with E-state index in [1.165, 1.54) is 37.0 Å². The van der Waals surface area contributed by atoms with Gasteiger partial charge < -0.3 is 19.7 Å². The van der Waals surface area contributed by atoms with Crippen molar-refractivity contribution in [2.75, 3.05) is 6.61 Å². The Hall–Kier alpha value is -5.09. The standard InChI is InChI=1S/C43H36Cl3N3O5/c1-43(25-50,42(51)52)15-14-32-20-37(44)41(49-40(32)53-23-28-17-26(21-47)16-27(18-28)22-48)54-24-33-8-4-10-35(38(33)45)36-11-5-9-34(39(36)46)31-13-12-29-6-2-3-7-30(29)19-31/h4-5,8-13,16-20,50H,2-3,6-7,14-15,23-25H2,1H3,(H,51,52)/t43-/m1/s1. The van der Waals surface area contributed by atoms with E-state index in [1.807, 2.05) is 48.5 Å². The van der Waals surface area contributed by atoms with Crippen molar-refractivity contribution >= 4 is 40.8 Å². The quantitative estimate of drug-likeness (QED) is 0.121. The second-order valence-corrected chi connectivity index (χ2v) is 14.8. The summed E-state index contributed by atoms with van der Waals surface area (Å²) in [5.41, 5.74) is 7.17. The second kappa shape index (κ2) is 16.9. The number of carboxylic acid groups (broad SMARTS) is 1. The average Bonchev–Trinajstić information content (AvgIpc) is 3.19. The number of aryl methyl sites for hydroxylation is 3. The van der Waals surface area contributed by atoms with E-state index in [0.717, 1.165) is 35.1 Å². The molecule has 4 aromatic carbocycles. The van der Waals surface area contributed by atoms with E-state index in [4.69, 9.17) is 44.3 Å². The Morgan fingerprint density at radius 3 is 2.13 bits per heavy atom. The lowest BCUT2D eigenvalue weighted by molar-refractivity contribution is -0.150. The molecule has 0 spiro atoms. The van der Waals surface area contributed by atoms with Gasteiger partial charge in [0.15, 0.2) is 0 Å². The van der Waals surface area contributed by atoms with E-state index in [2.05, 4.69) is 23.2 Å². The molecule has 54 heavy (non-hydrogen) atoms. The first-order chi connectivity index (χ1) is 26.0. The van der Waals surface area contributed by atoms with Crippen molar-refractivity contribution in [1.29, 1.82) is 10.5 Å². The molecule has 2 N–H and O–H groups in total. The largest absolute Gasteiger partial charge is 0.481 e. The van der Waals surface area contributed by atoms with E-state index < -0.39 is 18.0 Å². The van der Waals surface area contributed by atoms with Crippen molar-refractivity contribution < 1.29 is 24.5 Å². The molecule has 1 atom stereocenters. The van der Waals surface area contributed by atoms with Crippen LogP contribution in [-0.2, 0) is 37.3 Å². The van der Waals surface area contributed by atoms with Gasteiger partial charge in [-0.2, -0.15) is 15.5 Å². The minimum Gasteiger partial charge on any atom is -0.481 e. The number of aromatic nitrogens is 1. The molecule has 5 aromatic rings. The lowest BCUT2D eigenvalue weighted by Gasteiger charge is -2.22. The molecule has 0 unspecified atom stereocenters. The summed E-state index contributed by atoms with van der Waals surface area (Å²) in [6, 6.07) is 28.5. The van der Waals surface area contributed by atoms with Crippen LogP contribution in [0.4, 0.5) is 0 Å². The highest BCUT2D eigenvalue weighted by molar-refractivity contribution is 6.38. The third kappa shape index (κ3) is 8.49. The lowest BCUT2D eigenvalue weighted by atomic mass is 9.85. The first-order valence-electron chi connectivity index (χ1n) is 17.5. The minimum atomic E-state index is -1.41. The molecule has 6 rings (SSSR count). The summed E-state index contributed by atoms with van der Waals surface area (Å²) in [6.45, 7) is 0.828. The maximum atomic E-state index is 11.9. The van der Waals surface area contributed by atoms with Crippen molar-refractivity contribution in [2.45, 2.75) is 58.7 Å². The van der Waals surface area contributed by atoms with Gasteiger partial charge in [-0.25, -0.2) is 0 Å². The Kier molecular flexibility index (Phi) is 12.1. The van der Waals surface area contributed by atoms with Gasteiger partial charge >= 0.3 is 5.97 Å². The van der Waals surface area contributed by atoms with Crippen molar-refractivity contribution in [3.8, 4) is 46.2 Å². The number of aliphatic carboxylic acids is 1. The predicted octanol–water partition coefficient (Wildman–Crippen LogP) is 10.2. The van der Waals surface area contributed by atoms with E-state index >= 15 is 0 Å². The van der Waals surface area contributed by atoms with E-state index in [-0.39, 0.29) is 42.8 Å². The van der Waals surface area contributed by atoms with Crippen LogP contribution in [0.15, 0.2) is 78.9 Å².